The molecule has 0 N–H and O–H groups in total. The molecule has 1 aliphatic rings. The third-order valence-electron chi connectivity index (χ3n) is 3.12. The molecule has 5 atom stereocenters. The minimum atomic E-state index is -1.32. The van der Waals surface area contributed by atoms with E-state index in [1.54, 1.807) is 6.07 Å². The molecule has 0 aromatic rings. The Morgan fingerprint density at radius 2 is 1.32 bits per heavy atom. The second-order valence-electron chi connectivity index (χ2n) is 5.25. The number of esters is 4. The molecule has 0 aromatic carbocycles. The van der Waals surface area contributed by atoms with E-state index in [9.17, 15) is 24.4 Å². The molecular formula is C15H19NO9. The average Bonchev–Trinajstić information content (AvgIpc) is 2.48. The number of rotatable bonds is 5. The van der Waals surface area contributed by atoms with Gasteiger partial charge in [-0.1, -0.05) is 0 Å². The highest BCUT2D eigenvalue weighted by atomic mass is 16.7. The molecule has 0 radical (unpaired) electrons. The van der Waals surface area contributed by atoms with Crippen LogP contribution < -0.4 is 0 Å². The van der Waals surface area contributed by atoms with E-state index in [1.807, 2.05) is 0 Å². The van der Waals surface area contributed by atoms with Gasteiger partial charge in [-0.25, -0.2) is 0 Å². The van der Waals surface area contributed by atoms with Gasteiger partial charge in [0.25, 0.3) is 0 Å². The zero-order valence-corrected chi connectivity index (χ0v) is 14.2. The lowest BCUT2D eigenvalue weighted by molar-refractivity contribution is -0.243. The van der Waals surface area contributed by atoms with E-state index in [-0.39, 0.29) is 6.61 Å². The highest BCUT2D eigenvalue weighted by molar-refractivity contribution is 5.68. The molecule has 1 fully saturated rings. The van der Waals surface area contributed by atoms with Crippen LogP contribution >= 0.6 is 0 Å². The van der Waals surface area contributed by atoms with Crippen LogP contribution in [-0.2, 0) is 42.9 Å². The Bertz CT molecular complexity index is 582. The fraction of sp³-hybridized carbons (Fsp3) is 0.667. The normalized spacial score (nSPS) is 28.2. The van der Waals surface area contributed by atoms with E-state index in [2.05, 4.69) is 0 Å². The second kappa shape index (κ2) is 8.98. The highest BCUT2D eigenvalue weighted by Crippen LogP contribution is 2.28. The molecule has 10 nitrogen and oxygen atoms in total. The zero-order chi connectivity index (χ0) is 19.1. The van der Waals surface area contributed by atoms with Gasteiger partial charge in [-0.15, -0.1) is 0 Å². The Morgan fingerprint density at radius 3 is 1.76 bits per heavy atom. The van der Waals surface area contributed by atoms with Crippen molar-refractivity contribution in [3.05, 3.63) is 0 Å². The van der Waals surface area contributed by atoms with Crippen LogP contribution in [0.2, 0.25) is 0 Å². The summed E-state index contributed by atoms with van der Waals surface area (Å²) in [7, 11) is 0. The minimum absolute atomic E-state index is 0.351. The topological polar surface area (TPSA) is 138 Å². The predicted molar refractivity (Wildman–Crippen MR) is 77.6 cm³/mol. The summed E-state index contributed by atoms with van der Waals surface area (Å²) in [4.78, 5) is 45.2. The first-order valence-electron chi connectivity index (χ1n) is 7.35. The van der Waals surface area contributed by atoms with Crippen LogP contribution in [0.4, 0.5) is 0 Å². The standard InChI is InChI=1S/C15H19NO9/c1-7(17)21-6-12-14(23-9(3)19)15(24-10(4)20)13(22-8(2)18)11(5-16)25-12/h11-15H,6H2,1-4H3/t11?,12?,13?,14-,15?/m1/s1. The molecule has 0 amide bonds. The number of ether oxygens (including phenoxy) is 5. The lowest BCUT2D eigenvalue weighted by atomic mass is 9.94. The van der Waals surface area contributed by atoms with Crippen molar-refractivity contribution in [3.63, 3.8) is 0 Å². The Balaban J connectivity index is 3.21. The molecule has 1 saturated heterocycles. The average molecular weight is 357 g/mol. The fourth-order valence-corrected chi connectivity index (χ4v) is 2.33. The van der Waals surface area contributed by atoms with Crippen molar-refractivity contribution in [2.45, 2.75) is 58.2 Å². The monoisotopic (exact) mass is 357 g/mol. The summed E-state index contributed by atoms with van der Waals surface area (Å²) in [6.45, 7) is 4.14. The maximum Gasteiger partial charge on any atom is 0.303 e. The van der Waals surface area contributed by atoms with Gasteiger partial charge >= 0.3 is 23.9 Å². The number of carbonyl (C=O) groups excluding carboxylic acids is 4. The molecule has 0 saturated carbocycles. The Kier molecular flexibility index (Phi) is 7.32. The third-order valence-corrected chi connectivity index (χ3v) is 3.12. The highest BCUT2D eigenvalue weighted by Gasteiger charge is 2.52. The van der Waals surface area contributed by atoms with Crippen LogP contribution in [0.15, 0.2) is 0 Å². The second-order valence-corrected chi connectivity index (χ2v) is 5.25. The van der Waals surface area contributed by atoms with Crippen molar-refractivity contribution >= 4 is 23.9 Å². The molecule has 1 rings (SSSR count). The van der Waals surface area contributed by atoms with Crippen LogP contribution in [0.3, 0.4) is 0 Å². The molecule has 10 heteroatoms. The van der Waals surface area contributed by atoms with Gasteiger partial charge < -0.3 is 23.7 Å². The summed E-state index contributed by atoms with van der Waals surface area (Å²) in [5, 5.41) is 9.27. The molecule has 138 valence electrons. The summed E-state index contributed by atoms with van der Waals surface area (Å²) >= 11 is 0. The van der Waals surface area contributed by atoms with Crippen molar-refractivity contribution in [2.75, 3.05) is 6.61 Å². The zero-order valence-electron chi connectivity index (χ0n) is 14.2. The summed E-state index contributed by atoms with van der Waals surface area (Å²) in [5.74, 6) is -2.84. The molecule has 0 aliphatic carbocycles. The van der Waals surface area contributed by atoms with Crippen molar-refractivity contribution < 1.29 is 42.9 Å². The minimum Gasteiger partial charge on any atom is -0.463 e. The molecule has 1 heterocycles. The van der Waals surface area contributed by atoms with Gasteiger partial charge in [0.05, 0.1) is 6.07 Å². The van der Waals surface area contributed by atoms with Crippen molar-refractivity contribution in [1.29, 1.82) is 5.26 Å². The fourth-order valence-electron chi connectivity index (χ4n) is 2.33. The maximum atomic E-state index is 11.4. The predicted octanol–water partition coefficient (Wildman–Crippen LogP) is -0.364. The number of nitrogens with zero attached hydrogens (tertiary/aromatic N) is 1. The van der Waals surface area contributed by atoms with Gasteiger partial charge in [0.1, 0.15) is 12.7 Å². The summed E-state index contributed by atoms with van der Waals surface area (Å²) < 4.78 is 25.6. The number of nitriles is 1. The van der Waals surface area contributed by atoms with Crippen LogP contribution in [0.25, 0.3) is 0 Å². The van der Waals surface area contributed by atoms with Gasteiger partial charge in [-0.05, 0) is 0 Å². The van der Waals surface area contributed by atoms with Crippen LogP contribution in [-0.4, -0.2) is 61.0 Å². The van der Waals surface area contributed by atoms with Crippen LogP contribution in [0.5, 0.6) is 0 Å². The molecule has 0 spiro atoms. The van der Waals surface area contributed by atoms with E-state index in [0.717, 1.165) is 27.7 Å². The Hall–Kier alpha value is -2.67. The quantitative estimate of drug-likeness (QED) is 0.473. The van der Waals surface area contributed by atoms with Crippen molar-refractivity contribution in [1.82, 2.24) is 0 Å². The number of hydrogen-bond acceptors (Lipinski definition) is 10. The molecule has 1 aliphatic heterocycles. The first-order chi connectivity index (χ1) is 11.6. The van der Waals surface area contributed by atoms with Crippen molar-refractivity contribution in [2.24, 2.45) is 0 Å². The lowest BCUT2D eigenvalue weighted by Gasteiger charge is -2.42. The van der Waals surface area contributed by atoms with E-state index in [0.29, 0.717) is 0 Å². The number of hydrogen-bond donors (Lipinski definition) is 0. The van der Waals surface area contributed by atoms with E-state index in [1.165, 1.54) is 0 Å². The largest absolute Gasteiger partial charge is 0.463 e. The van der Waals surface area contributed by atoms with Gasteiger partial charge in [-0.3, -0.25) is 19.2 Å². The third kappa shape index (κ3) is 6.04. The van der Waals surface area contributed by atoms with E-state index in [4.69, 9.17) is 23.7 Å². The molecule has 0 aromatic heterocycles. The molecule has 4 unspecified atom stereocenters. The van der Waals surface area contributed by atoms with Crippen LogP contribution in [0.1, 0.15) is 27.7 Å². The smallest absolute Gasteiger partial charge is 0.303 e. The maximum absolute atomic E-state index is 11.4. The van der Waals surface area contributed by atoms with Gasteiger partial charge in [0, 0.05) is 27.7 Å². The van der Waals surface area contributed by atoms with Crippen molar-refractivity contribution in [3.8, 4) is 6.07 Å². The van der Waals surface area contributed by atoms with Gasteiger partial charge in [0.2, 0.25) is 0 Å². The SMILES string of the molecule is CC(=O)OCC1OC(C#N)C(OC(C)=O)C(OC(C)=O)[C@@H]1OC(C)=O. The Morgan fingerprint density at radius 1 is 0.840 bits per heavy atom. The van der Waals surface area contributed by atoms with Crippen LogP contribution in [0, 0.1) is 11.3 Å². The molecule has 0 bridgehead atoms. The first-order valence-corrected chi connectivity index (χ1v) is 7.35. The summed E-state index contributed by atoms with van der Waals surface area (Å²) in [5.41, 5.74) is 0. The molecule has 25 heavy (non-hydrogen) atoms. The summed E-state index contributed by atoms with van der Waals surface area (Å²) in [6.07, 6.45) is -6.27. The van der Waals surface area contributed by atoms with Gasteiger partial charge in [-0.2, -0.15) is 5.26 Å². The van der Waals surface area contributed by atoms with E-state index >= 15 is 0 Å². The van der Waals surface area contributed by atoms with Gasteiger partial charge in [0.15, 0.2) is 24.4 Å². The number of carbonyl (C=O) groups is 4. The first kappa shape index (κ1) is 20.4. The summed E-state index contributed by atoms with van der Waals surface area (Å²) in [6, 6.07) is 1.78. The lowest BCUT2D eigenvalue weighted by Crippen LogP contribution is -2.62. The Labute approximate surface area is 143 Å². The molecular weight excluding hydrogens is 338 g/mol. The van der Waals surface area contributed by atoms with E-state index < -0.39 is 54.4 Å².